The number of allylic oxidation sites excluding steroid dienone is 1. The van der Waals surface area contributed by atoms with Crippen molar-refractivity contribution in [1.82, 2.24) is 0 Å². The van der Waals surface area contributed by atoms with Gasteiger partial charge in [0.15, 0.2) is 6.54 Å². The molecule has 0 aliphatic carbocycles. The van der Waals surface area contributed by atoms with E-state index in [4.69, 9.17) is 16.3 Å². The average molecular weight is 407 g/mol. The summed E-state index contributed by atoms with van der Waals surface area (Å²) >= 11 is 6.30. The summed E-state index contributed by atoms with van der Waals surface area (Å²) < 4.78 is 6.38. The number of esters is 1. The predicted molar refractivity (Wildman–Crippen MR) is 118 cm³/mol. The normalized spacial score (nSPS) is 16.8. The van der Waals surface area contributed by atoms with Gasteiger partial charge in [0.25, 0.3) is 0 Å². The van der Waals surface area contributed by atoms with Gasteiger partial charge in [0.1, 0.15) is 0 Å². The molecule has 3 nitrogen and oxygen atoms in total. The third kappa shape index (κ3) is 7.97. The van der Waals surface area contributed by atoms with Crippen LogP contribution >= 0.6 is 11.6 Å². The van der Waals surface area contributed by atoms with Crippen LogP contribution in [0.25, 0.3) is 0 Å². The Labute approximate surface area is 176 Å². The van der Waals surface area contributed by atoms with Gasteiger partial charge in [-0.3, -0.25) is 0 Å². The second kappa shape index (κ2) is 12.3. The molecule has 0 amide bonds. The molecule has 0 unspecified atom stereocenters. The van der Waals surface area contributed by atoms with Crippen LogP contribution in [0.2, 0.25) is 5.02 Å². The molecule has 1 fully saturated rings. The van der Waals surface area contributed by atoms with E-state index in [1.165, 1.54) is 37.7 Å². The van der Waals surface area contributed by atoms with Crippen LogP contribution in [0.15, 0.2) is 35.9 Å². The monoisotopic (exact) mass is 406 g/mol. The van der Waals surface area contributed by atoms with Gasteiger partial charge in [-0.15, -0.1) is 0 Å². The van der Waals surface area contributed by atoms with Crippen molar-refractivity contribution in [3.05, 3.63) is 46.5 Å². The zero-order valence-corrected chi connectivity index (χ0v) is 18.5. The minimum Gasteiger partial charge on any atom is -0.462 e. The minimum atomic E-state index is -0.0319. The number of ether oxygens (including phenoxy) is 1. The molecule has 1 aliphatic rings. The van der Waals surface area contributed by atoms with Gasteiger partial charge in [-0.05, 0) is 56.7 Å². The van der Waals surface area contributed by atoms with E-state index in [1.54, 1.807) is 0 Å². The molecule has 0 aromatic heterocycles. The third-order valence-corrected chi connectivity index (χ3v) is 6.11. The molecule has 0 saturated carbocycles. The quantitative estimate of drug-likeness (QED) is 0.196. The minimum absolute atomic E-state index is 0.0319. The molecule has 0 bridgehead atoms. The lowest BCUT2D eigenvalue weighted by molar-refractivity contribution is -0.920. The predicted octanol–water partition coefficient (Wildman–Crippen LogP) is 5.95. The molecule has 1 aliphatic heterocycles. The largest absolute Gasteiger partial charge is 0.462 e. The highest BCUT2D eigenvalue weighted by molar-refractivity contribution is 6.31. The Balaban J connectivity index is 1.90. The van der Waals surface area contributed by atoms with Gasteiger partial charge < -0.3 is 9.22 Å². The van der Waals surface area contributed by atoms with E-state index in [0.29, 0.717) is 13.2 Å². The maximum Gasteiger partial charge on any atom is 0.361 e. The zero-order chi connectivity index (χ0) is 20.2. The third-order valence-electron chi connectivity index (χ3n) is 5.74. The van der Waals surface area contributed by atoms with Crippen LogP contribution in [-0.2, 0) is 16.0 Å². The van der Waals surface area contributed by atoms with Gasteiger partial charge in [0, 0.05) is 5.02 Å². The van der Waals surface area contributed by atoms with E-state index in [2.05, 4.69) is 26.0 Å². The van der Waals surface area contributed by atoms with Crippen molar-refractivity contribution >= 4 is 17.6 Å². The second-order valence-corrected chi connectivity index (χ2v) is 8.70. The highest BCUT2D eigenvalue weighted by atomic mass is 35.5. The van der Waals surface area contributed by atoms with Crippen molar-refractivity contribution in [2.75, 3.05) is 32.8 Å². The van der Waals surface area contributed by atoms with Gasteiger partial charge >= 0.3 is 5.97 Å². The van der Waals surface area contributed by atoms with Gasteiger partial charge in [0.05, 0.1) is 26.2 Å². The van der Waals surface area contributed by atoms with Crippen LogP contribution in [-0.4, -0.2) is 43.2 Å². The summed E-state index contributed by atoms with van der Waals surface area (Å²) in [5, 5.41) is 0.823. The summed E-state index contributed by atoms with van der Waals surface area (Å²) in [5.41, 5.74) is 2.47. The number of rotatable bonds is 11. The number of halogens is 1. The number of hydrogen-bond donors (Lipinski definition) is 0. The number of benzene rings is 1. The average Bonchev–Trinajstić information content (AvgIpc) is 2.69. The second-order valence-electron chi connectivity index (χ2n) is 8.29. The zero-order valence-electron chi connectivity index (χ0n) is 17.7. The van der Waals surface area contributed by atoms with E-state index >= 15 is 0 Å². The number of quaternary nitrogens is 1. The van der Waals surface area contributed by atoms with E-state index in [-0.39, 0.29) is 5.97 Å². The van der Waals surface area contributed by atoms with Gasteiger partial charge in [-0.1, -0.05) is 61.6 Å². The fraction of sp³-hybridized carbons (Fsp3) is 0.625. The van der Waals surface area contributed by atoms with Crippen molar-refractivity contribution in [3.8, 4) is 0 Å². The maximum atomic E-state index is 12.5. The number of nitrogens with zero attached hydrogens (tertiary/aromatic N) is 1. The lowest BCUT2D eigenvalue weighted by atomic mass is 10.0. The van der Waals surface area contributed by atoms with Crippen LogP contribution in [0.3, 0.4) is 0 Å². The molecule has 2 rings (SSSR count). The highest BCUT2D eigenvalue weighted by Gasteiger charge is 2.32. The molecule has 1 heterocycles. The van der Waals surface area contributed by atoms with Crippen LogP contribution in [0.5, 0.6) is 0 Å². The molecule has 156 valence electrons. The summed E-state index contributed by atoms with van der Waals surface area (Å²) in [4.78, 5) is 12.5. The van der Waals surface area contributed by atoms with Crippen molar-refractivity contribution in [3.63, 3.8) is 0 Å². The molecule has 0 N–H and O–H groups in total. The Morgan fingerprint density at radius 3 is 2.61 bits per heavy atom. The topological polar surface area (TPSA) is 26.3 Å². The van der Waals surface area contributed by atoms with E-state index in [0.717, 1.165) is 54.0 Å². The van der Waals surface area contributed by atoms with Gasteiger partial charge in [-0.25, -0.2) is 4.79 Å². The van der Waals surface area contributed by atoms with E-state index < -0.39 is 0 Å². The first-order valence-electron chi connectivity index (χ1n) is 10.9. The molecule has 1 aromatic rings. The first-order valence-corrected chi connectivity index (χ1v) is 11.3. The molecule has 4 heteroatoms. The first kappa shape index (κ1) is 23.0. The lowest BCUT2D eigenvalue weighted by Gasteiger charge is -2.40. The van der Waals surface area contributed by atoms with Crippen LogP contribution in [0.1, 0.15) is 64.4 Å². The lowest BCUT2D eigenvalue weighted by Crippen LogP contribution is -2.54. The molecule has 0 spiro atoms. The summed E-state index contributed by atoms with van der Waals surface area (Å²) in [6.07, 6.45) is 11.4. The number of likely N-dealkylation sites (tertiary alicyclic amines) is 1. The van der Waals surface area contributed by atoms with Crippen molar-refractivity contribution in [2.45, 2.75) is 65.2 Å². The molecular formula is C24H37ClNO2+. The first-order chi connectivity index (χ1) is 13.5. The Kier molecular flexibility index (Phi) is 10.1. The number of carbonyl (C=O) groups excluding carboxylic acids is 1. The summed E-state index contributed by atoms with van der Waals surface area (Å²) in [6, 6.07) is 8.02. The number of piperidine rings is 1. The number of hydrogen-bond acceptors (Lipinski definition) is 2. The Bertz CT molecular complexity index is 635. The van der Waals surface area contributed by atoms with Crippen LogP contribution < -0.4 is 0 Å². The molecule has 28 heavy (non-hydrogen) atoms. The van der Waals surface area contributed by atoms with Crippen LogP contribution in [0.4, 0.5) is 0 Å². The van der Waals surface area contributed by atoms with E-state index in [1.807, 2.05) is 18.2 Å². The smallest absolute Gasteiger partial charge is 0.361 e. The summed E-state index contributed by atoms with van der Waals surface area (Å²) in [6.45, 7) is 8.47. The van der Waals surface area contributed by atoms with Crippen molar-refractivity contribution in [1.29, 1.82) is 0 Å². The van der Waals surface area contributed by atoms with Crippen LogP contribution in [0, 0.1) is 0 Å². The fourth-order valence-electron chi connectivity index (χ4n) is 3.99. The Morgan fingerprint density at radius 1 is 1.14 bits per heavy atom. The van der Waals surface area contributed by atoms with Gasteiger partial charge in [0.2, 0.25) is 0 Å². The maximum absolute atomic E-state index is 12.5. The SMILES string of the molecule is CCCCCCOC(=O)C[N+]1(C/C=C(/C)Cc2ccccc2Cl)CCCCC1. The Hall–Kier alpha value is -1.32. The fourth-order valence-corrected chi connectivity index (χ4v) is 4.19. The molecule has 0 radical (unpaired) electrons. The van der Waals surface area contributed by atoms with Crippen molar-refractivity contribution < 1.29 is 14.0 Å². The Morgan fingerprint density at radius 2 is 1.89 bits per heavy atom. The molecular weight excluding hydrogens is 370 g/mol. The molecule has 1 aromatic carbocycles. The number of carbonyl (C=O) groups is 1. The summed E-state index contributed by atoms with van der Waals surface area (Å²) in [7, 11) is 0. The molecule has 0 atom stereocenters. The number of unbranched alkanes of at least 4 members (excludes halogenated alkanes) is 3. The van der Waals surface area contributed by atoms with Crippen molar-refractivity contribution in [2.24, 2.45) is 0 Å². The highest BCUT2D eigenvalue weighted by Crippen LogP contribution is 2.22. The molecule has 1 saturated heterocycles. The van der Waals surface area contributed by atoms with Gasteiger partial charge in [-0.2, -0.15) is 0 Å². The van der Waals surface area contributed by atoms with E-state index in [9.17, 15) is 4.79 Å². The standard InChI is InChI=1S/C24H37ClNO2/c1-3-4-5-11-18-28-24(27)20-26(15-9-6-10-16-26)17-14-21(2)19-22-12-7-8-13-23(22)25/h7-8,12-14H,3-6,9-11,15-20H2,1-2H3/q+1/b21-14-. The summed E-state index contributed by atoms with van der Waals surface area (Å²) in [5.74, 6) is -0.0319.